The summed E-state index contributed by atoms with van der Waals surface area (Å²) in [5.41, 5.74) is -1.89. The van der Waals surface area contributed by atoms with Gasteiger partial charge in [0, 0.05) is 0 Å². The van der Waals surface area contributed by atoms with Crippen LogP contribution in [0.15, 0.2) is 0 Å². The van der Waals surface area contributed by atoms with E-state index in [1.807, 2.05) is 0 Å². The van der Waals surface area contributed by atoms with Crippen LogP contribution >= 0.6 is 0 Å². The highest BCUT2D eigenvalue weighted by Gasteiger charge is 2.46. The van der Waals surface area contributed by atoms with Crippen molar-refractivity contribution in [3.8, 4) is 0 Å². The third-order valence-corrected chi connectivity index (χ3v) is 3.34. The lowest BCUT2D eigenvalue weighted by molar-refractivity contribution is -0.170. The molecule has 0 heterocycles. The van der Waals surface area contributed by atoms with Crippen LogP contribution in [0, 0.1) is 11.3 Å². The van der Waals surface area contributed by atoms with Gasteiger partial charge in [-0.05, 0) is 46.5 Å². The van der Waals surface area contributed by atoms with Crippen molar-refractivity contribution >= 4 is 5.97 Å². The minimum absolute atomic E-state index is 0.330. The second-order valence-electron chi connectivity index (χ2n) is 5.55. The Bertz CT molecular complexity index is 229. The Hall–Kier alpha value is -0.570. The molecule has 0 aromatic heterocycles. The Labute approximate surface area is 99.2 Å². The number of rotatable bonds is 6. The molecule has 0 radical (unpaired) electrons. The van der Waals surface area contributed by atoms with Crippen molar-refractivity contribution in [1.29, 1.82) is 0 Å². The Morgan fingerprint density at radius 2 is 1.81 bits per heavy atom. The fourth-order valence-corrected chi connectivity index (χ4v) is 1.41. The summed E-state index contributed by atoms with van der Waals surface area (Å²) in [4.78, 5) is 11.8. The van der Waals surface area contributed by atoms with Gasteiger partial charge in [0.25, 0.3) is 0 Å². The maximum Gasteiger partial charge on any atom is 0.314 e. The smallest absolute Gasteiger partial charge is 0.314 e. The van der Waals surface area contributed by atoms with Gasteiger partial charge in [-0.1, -0.05) is 13.8 Å². The fourth-order valence-electron chi connectivity index (χ4n) is 1.41. The van der Waals surface area contributed by atoms with E-state index in [0.717, 1.165) is 6.42 Å². The van der Waals surface area contributed by atoms with Crippen LogP contribution in [0.2, 0.25) is 0 Å². The molecule has 0 aromatic carbocycles. The quantitative estimate of drug-likeness (QED) is 0.714. The standard InChI is InChI=1S/C13H26O3/c1-7-16-11(14)12(4,5)13(6,15)9-8-10(2)3/h10,15H,7-9H2,1-6H3. The lowest BCUT2D eigenvalue weighted by atomic mass is 9.73. The molecule has 0 bridgehead atoms. The van der Waals surface area contributed by atoms with E-state index in [-0.39, 0.29) is 5.97 Å². The number of carbonyl (C=O) groups is 1. The lowest BCUT2D eigenvalue weighted by Gasteiger charge is -2.38. The second-order valence-corrected chi connectivity index (χ2v) is 5.55. The van der Waals surface area contributed by atoms with Gasteiger partial charge in [-0.25, -0.2) is 0 Å². The van der Waals surface area contributed by atoms with E-state index < -0.39 is 11.0 Å². The van der Waals surface area contributed by atoms with Gasteiger partial charge in [0.2, 0.25) is 0 Å². The molecular formula is C13H26O3. The summed E-state index contributed by atoms with van der Waals surface area (Å²) in [5.74, 6) is 0.188. The predicted octanol–water partition coefficient (Wildman–Crippen LogP) is 2.76. The van der Waals surface area contributed by atoms with Crippen LogP contribution in [0.5, 0.6) is 0 Å². The number of hydrogen-bond acceptors (Lipinski definition) is 3. The number of carbonyl (C=O) groups excluding carboxylic acids is 1. The summed E-state index contributed by atoms with van der Waals surface area (Å²) in [7, 11) is 0. The SMILES string of the molecule is CCOC(=O)C(C)(C)C(C)(O)CCC(C)C. The molecule has 96 valence electrons. The van der Waals surface area contributed by atoms with Crippen LogP contribution in [0.4, 0.5) is 0 Å². The van der Waals surface area contributed by atoms with E-state index in [4.69, 9.17) is 4.74 Å². The zero-order valence-corrected chi connectivity index (χ0v) is 11.5. The molecule has 16 heavy (non-hydrogen) atoms. The summed E-state index contributed by atoms with van der Waals surface area (Å²) in [6, 6.07) is 0. The predicted molar refractivity (Wildman–Crippen MR) is 65.1 cm³/mol. The first-order valence-corrected chi connectivity index (χ1v) is 6.04. The summed E-state index contributed by atoms with van der Waals surface area (Å²) in [5, 5.41) is 10.4. The molecule has 0 aliphatic heterocycles. The molecule has 0 rings (SSSR count). The highest BCUT2D eigenvalue weighted by Crippen LogP contribution is 2.36. The molecule has 0 saturated heterocycles. The summed E-state index contributed by atoms with van der Waals surface area (Å²) in [6.45, 7) is 11.5. The number of aliphatic hydroxyl groups is 1. The summed E-state index contributed by atoms with van der Waals surface area (Å²) < 4.78 is 5.00. The topological polar surface area (TPSA) is 46.5 Å². The molecule has 0 aliphatic rings. The van der Waals surface area contributed by atoms with E-state index in [2.05, 4.69) is 13.8 Å². The molecule has 0 aliphatic carbocycles. The number of hydrogen-bond donors (Lipinski definition) is 1. The highest BCUT2D eigenvalue weighted by atomic mass is 16.5. The third-order valence-electron chi connectivity index (χ3n) is 3.34. The van der Waals surface area contributed by atoms with Crippen LogP contribution in [0.25, 0.3) is 0 Å². The van der Waals surface area contributed by atoms with Crippen molar-refractivity contribution < 1.29 is 14.6 Å². The molecule has 0 spiro atoms. The maximum atomic E-state index is 11.8. The van der Waals surface area contributed by atoms with E-state index in [9.17, 15) is 9.90 Å². The minimum Gasteiger partial charge on any atom is -0.465 e. The Kier molecular flexibility index (Phi) is 5.47. The second kappa shape index (κ2) is 5.67. The van der Waals surface area contributed by atoms with Gasteiger partial charge in [-0.15, -0.1) is 0 Å². The van der Waals surface area contributed by atoms with Crippen LogP contribution in [0.3, 0.4) is 0 Å². The van der Waals surface area contributed by atoms with Crippen molar-refractivity contribution in [3.63, 3.8) is 0 Å². The molecule has 1 unspecified atom stereocenters. The van der Waals surface area contributed by atoms with Crippen LogP contribution in [0.1, 0.15) is 54.4 Å². The number of ether oxygens (including phenoxy) is 1. The Morgan fingerprint density at radius 1 is 1.31 bits per heavy atom. The zero-order chi connectivity index (χ0) is 13.0. The fraction of sp³-hybridized carbons (Fsp3) is 0.923. The first-order valence-electron chi connectivity index (χ1n) is 6.04. The molecule has 1 atom stereocenters. The third kappa shape index (κ3) is 3.78. The monoisotopic (exact) mass is 230 g/mol. The first-order chi connectivity index (χ1) is 7.15. The lowest BCUT2D eigenvalue weighted by Crippen LogP contribution is -2.48. The Morgan fingerprint density at radius 3 is 2.19 bits per heavy atom. The maximum absolute atomic E-state index is 11.8. The Balaban J connectivity index is 4.62. The van der Waals surface area contributed by atoms with Gasteiger partial charge in [-0.2, -0.15) is 0 Å². The normalized spacial score (nSPS) is 16.0. The van der Waals surface area contributed by atoms with E-state index in [1.165, 1.54) is 0 Å². The van der Waals surface area contributed by atoms with E-state index in [0.29, 0.717) is 18.9 Å². The average molecular weight is 230 g/mol. The average Bonchev–Trinajstić information content (AvgIpc) is 2.15. The summed E-state index contributed by atoms with van der Waals surface area (Å²) in [6.07, 6.45) is 1.51. The van der Waals surface area contributed by atoms with Gasteiger partial charge >= 0.3 is 5.97 Å². The first kappa shape index (κ1) is 15.4. The largest absolute Gasteiger partial charge is 0.465 e. The van der Waals surface area contributed by atoms with Gasteiger partial charge in [-0.3, -0.25) is 4.79 Å². The van der Waals surface area contributed by atoms with Crippen molar-refractivity contribution in [2.45, 2.75) is 60.0 Å². The van der Waals surface area contributed by atoms with Gasteiger partial charge in [0.1, 0.15) is 0 Å². The van der Waals surface area contributed by atoms with Crippen LogP contribution < -0.4 is 0 Å². The van der Waals surface area contributed by atoms with Crippen molar-refractivity contribution in [3.05, 3.63) is 0 Å². The van der Waals surface area contributed by atoms with E-state index in [1.54, 1.807) is 27.7 Å². The molecule has 0 saturated carbocycles. The van der Waals surface area contributed by atoms with Gasteiger partial charge in [0.05, 0.1) is 17.6 Å². The molecule has 3 heteroatoms. The van der Waals surface area contributed by atoms with Gasteiger partial charge < -0.3 is 9.84 Å². The molecule has 0 aromatic rings. The van der Waals surface area contributed by atoms with E-state index >= 15 is 0 Å². The van der Waals surface area contributed by atoms with Crippen LogP contribution in [-0.4, -0.2) is 23.3 Å². The molecular weight excluding hydrogens is 204 g/mol. The van der Waals surface area contributed by atoms with Gasteiger partial charge in [0.15, 0.2) is 0 Å². The van der Waals surface area contributed by atoms with Crippen molar-refractivity contribution in [1.82, 2.24) is 0 Å². The van der Waals surface area contributed by atoms with Crippen molar-refractivity contribution in [2.24, 2.45) is 11.3 Å². The number of esters is 1. The van der Waals surface area contributed by atoms with Crippen molar-refractivity contribution in [2.75, 3.05) is 6.61 Å². The molecule has 0 amide bonds. The molecule has 1 N–H and O–H groups in total. The molecule has 3 nitrogen and oxygen atoms in total. The molecule has 0 fully saturated rings. The van der Waals surface area contributed by atoms with Crippen LogP contribution in [-0.2, 0) is 9.53 Å². The summed E-state index contributed by atoms with van der Waals surface area (Å²) >= 11 is 0. The zero-order valence-electron chi connectivity index (χ0n) is 11.5. The minimum atomic E-state index is -1.02. The highest BCUT2D eigenvalue weighted by molar-refractivity contribution is 5.77.